The zero-order chi connectivity index (χ0) is 22.5. The van der Waals surface area contributed by atoms with Crippen molar-refractivity contribution in [1.82, 2.24) is 15.2 Å². The number of fused-ring (bicyclic) bond motifs is 1. The van der Waals surface area contributed by atoms with E-state index < -0.39 is 18.6 Å². The normalized spacial score (nSPS) is 14.8. The van der Waals surface area contributed by atoms with E-state index in [2.05, 4.69) is 15.2 Å². The summed E-state index contributed by atoms with van der Waals surface area (Å²) in [6, 6.07) is 15.7. The summed E-state index contributed by atoms with van der Waals surface area (Å²) in [4.78, 5) is 34.0. The van der Waals surface area contributed by atoms with Crippen molar-refractivity contribution < 1.29 is 19.4 Å². The first kappa shape index (κ1) is 21.6. The Morgan fingerprint density at radius 1 is 1.06 bits per heavy atom. The molecule has 2 amide bonds. The molecular formula is C24H26N4O4. The van der Waals surface area contributed by atoms with Gasteiger partial charge in [-0.05, 0) is 24.3 Å². The molecule has 8 nitrogen and oxygen atoms in total. The van der Waals surface area contributed by atoms with Crippen molar-refractivity contribution >= 4 is 28.4 Å². The summed E-state index contributed by atoms with van der Waals surface area (Å²) in [6.45, 7) is 1.77. The van der Waals surface area contributed by atoms with Crippen LogP contribution in [0.3, 0.4) is 0 Å². The number of aliphatic hydroxyl groups is 1. The number of carbonyl (C=O) groups excluding carboxylic acids is 2. The summed E-state index contributed by atoms with van der Waals surface area (Å²) < 4.78 is 5.44. The fourth-order valence-corrected chi connectivity index (χ4v) is 3.99. The van der Waals surface area contributed by atoms with Crippen LogP contribution in [0.25, 0.3) is 10.9 Å². The average molecular weight is 434 g/mol. The van der Waals surface area contributed by atoms with E-state index in [1.165, 1.54) is 0 Å². The lowest BCUT2D eigenvalue weighted by molar-refractivity contribution is -0.134. The maximum atomic E-state index is 13.0. The van der Waals surface area contributed by atoms with Gasteiger partial charge in [0.1, 0.15) is 11.8 Å². The Morgan fingerprint density at radius 3 is 2.53 bits per heavy atom. The van der Waals surface area contributed by atoms with Crippen LogP contribution in [0.1, 0.15) is 10.4 Å². The Hall–Kier alpha value is -3.65. The van der Waals surface area contributed by atoms with E-state index in [1.807, 2.05) is 48.5 Å². The molecule has 1 unspecified atom stereocenters. The lowest BCUT2D eigenvalue weighted by atomic mass is 10.1. The van der Waals surface area contributed by atoms with Gasteiger partial charge in [-0.3, -0.25) is 14.6 Å². The monoisotopic (exact) mass is 434 g/mol. The Bertz CT molecular complexity index is 1110. The number of aromatic nitrogens is 1. The number of aliphatic hydroxyl groups excluding tert-OH is 1. The molecule has 0 bridgehead atoms. The van der Waals surface area contributed by atoms with Gasteiger partial charge >= 0.3 is 0 Å². The van der Waals surface area contributed by atoms with E-state index in [1.54, 1.807) is 24.3 Å². The SMILES string of the molecule is COc1ccccc1N1CCN(C(=O)C(CO)NC(=O)c2ccnc3ccccc23)CC1. The van der Waals surface area contributed by atoms with Crippen LogP contribution >= 0.6 is 0 Å². The number of benzene rings is 2. The van der Waals surface area contributed by atoms with Gasteiger partial charge in [-0.25, -0.2) is 0 Å². The molecule has 2 N–H and O–H groups in total. The van der Waals surface area contributed by atoms with Gasteiger partial charge in [0.15, 0.2) is 0 Å². The van der Waals surface area contributed by atoms with Gasteiger partial charge in [-0.1, -0.05) is 30.3 Å². The Kier molecular flexibility index (Phi) is 6.51. The minimum absolute atomic E-state index is 0.293. The van der Waals surface area contributed by atoms with Crippen molar-refractivity contribution in [2.45, 2.75) is 6.04 Å². The Balaban J connectivity index is 1.42. The van der Waals surface area contributed by atoms with Gasteiger partial charge in [0.2, 0.25) is 5.91 Å². The van der Waals surface area contributed by atoms with E-state index in [0.29, 0.717) is 42.6 Å². The van der Waals surface area contributed by atoms with Crippen LogP contribution in [0.4, 0.5) is 5.69 Å². The fraction of sp³-hybridized carbons (Fsp3) is 0.292. The van der Waals surface area contributed by atoms with Crippen molar-refractivity contribution in [3.63, 3.8) is 0 Å². The topological polar surface area (TPSA) is 95.0 Å². The van der Waals surface area contributed by atoms with Crippen LogP contribution in [0, 0.1) is 0 Å². The molecule has 1 aliphatic heterocycles. The lowest BCUT2D eigenvalue weighted by Gasteiger charge is -2.37. The molecular weight excluding hydrogens is 408 g/mol. The number of hydrogen-bond donors (Lipinski definition) is 2. The molecule has 8 heteroatoms. The lowest BCUT2D eigenvalue weighted by Crippen LogP contribution is -2.56. The molecule has 1 aromatic heterocycles. The molecule has 4 rings (SSSR count). The van der Waals surface area contributed by atoms with Crippen LogP contribution in [-0.2, 0) is 4.79 Å². The van der Waals surface area contributed by atoms with Crippen molar-refractivity contribution in [3.05, 3.63) is 66.4 Å². The van der Waals surface area contributed by atoms with Gasteiger partial charge in [0.05, 0.1) is 30.5 Å². The summed E-state index contributed by atoms with van der Waals surface area (Å²) >= 11 is 0. The number of methoxy groups -OCH3 is 1. The van der Waals surface area contributed by atoms with E-state index in [-0.39, 0.29) is 5.91 Å². The number of amides is 2. The molecule has 2 heterocycles. The number of pyridine rings is 1. The van der Waals surface area contributed by atoms with Gasteiger partial charge < -0.3 is 25.0 Å². The van der Waals surface area contributed by atoms with Crippen molar-refractivity contribution in [2.24, 2.45) is 0 Å². The molecule has 1 saturated heterocycles. The second-order valence-corrected chi connectivity index (χ2v) is 7.57. The third-order valence-corrected chi connectivity index (χ3v) is 5.70. The number of piperazine rings is 1. The molecule has 1 atom stereocenters. The van der Waals surface area contributed by atoms with Crippen LogP contribution < -0.4 is 15.0 Å². The molecule has 0 aliphatic carbocycles. The third kappa shape index (κ3) is 4.36. The van der Waals surface area contributed by atoms with E-state index in [0.717, 1.165) is 11.4 Å². The zero-order valence-electron chi connectivity index (χ0n) is 17.9. The number of rotatable bonds is 6. The molecule has 166 valence electrons. The maximum absolute atomic E-state index is 13.0. The van der Waals surface area contributed by atoms with E-state index in [9.17, 15) is 14.7 Å². The minimum atomic E-state index is -1.01. The molecule has 0 saturated carbocycles. The second-order valence-electron chi connectivity index (χ2n) is 7.57. The smallest absolute Gasteiger partial charge is 0.252 e. The van der Waals surface area contributed by atoms with Gasteiger partial charge in [-0.2, -0.15) is 0 Å². The highest BCUT2D eigenvalue weighted by Gasteiger charge is 2.29. The van der Waals surface area contributed by atoms with E-state index in [4.69, 9.17) is 4.74 Å². The van der Waals surface area contributed by atoms with Crippen molar-refractivity contribution in [1.29, 1.82) is 0 Å². The standard InChI is InChI=1S/C24H26N4O4/c1-32-22-9-5-4-8-21(22)27-12-14-28(15-13-27)24(31)20(16-29)26-23(30)18-10-11-25-19-7-3-2-6-17(18)19/h2-11,20,29H,12-16H2,1H3,(H,26,30). The molecule has 2 aromatic carbocycles. The number of anilines is 1. The summed E-state index contributed by atoms with van der Waals surface area (Å²) in [5, 5.41) is 13.2. The molecule has 32 heavy (non-hydrogen) atoms. The number of carbonyl (C=O) groups is 2. The van der Waals surface area contributed by atoms with Gasteiger partial charge in [-0.15, -0.1) is 0 Å². The number of nitrogens with zero attached hydrogens (tertiary/aromatic N) is 3. The van der Waals surface area contributed by atoms with Crippen LogP contribution in [0.5, 0.6) is 5.75 Å². The molecule has 0 spiro atoms. The molecule has 1 fully saturated rings. The molecule has 1 aliphatic rings. The van der Waals surface area contributed by atoms with Crippen LogP contribution in [0.15, 0.2) is 60.8 Å². The molecule has 0 radical (unpaired) electrons. The Morgan fingerprint density at radius 2 is 1.78 bits per heavy atom. The number of ether oxygens (including phenoxy) is 1. The third-order valence-electron chi connectivity index (χ3n) is 5.70. The number of nitrogens with one attached hydrogen (secondary N) is 1. The number of para-hydroxylation sites is 3. The van der Waals surface area contributed by atoms with Crippen LogP contribution in [-0.4, -0.2) is 72.7 Å². The zero-order valence-corrected chi connectivity index (χ0v) is 17.9. The molecule has 3 aromatic rings. The summed E-state index contributed by atoms with van der Waals surface area (Å²) in [5.74, 6) is 0.0832. The minimum Gasteiger partial charge on any atom is -0.495 e. The first-order valence-electron chi connectivity index (χ1n) is 10.5. The fourth-order valence-electron chi connectivity index (χ4n) is 3.99. The predicted molar refractivity (Wildman–Crippen MR) is 122 cm³/mol. The number of hydrogen-bond acceptors (Lipinski definition) is 6. The highest BCUT2D eigenvalue weighted by molar-refractivity contribution is 6.07. The van der Waals surface area contributed by atoms with Gasteiger partial charge in [0.25, 0.3) is 5.91 Å². The predicted octanol–water partition coefficient (Wildman–Crippen LogP) is 1.68. The van der Waals surface area contributed by atoms with Crippen molar-refractivity contribution in [2.75, 3.05) is 44.8 Å². The highest BCUT2D eigenvalue weighted by Crippen LogP contribution is 2.28. The first-order valence-corrected chi connectivity index (χ1v) is 10.5. The maximum Gasteiger partial charge on any atom is 0.252 e. The van der Waals surface area contributed by atoms with Gasteiger partial charge in [0, 0.05) is 37.8 Å². The van der Waals surface area contributed by atoms with E-state index >= 15 is 0 Å². The quantitative estimate of drug-likeness (QED) is 0.613. The van der Waals surface area contributed by atoms with Crippen LogP contribution in [0.2, 0.25) is 0 Å². The summed E-state index contributed by atoms with van der Waals surface area (Å²) in [5.41, 5.74) is 2.10. The Labute approximate surface area is 186 Å². The first-order chi connectivity index (χ1) is 15.6. The summed E-state index contributed by atoms with van der Waals surface area (Å²) in [6.07, 6.45) is 1.56. The largest absolute Gasteiger partial charge is 0.495 e. The van der Waals surface area contributed by atoms with Crippen molar-refractivity contribution in [3.8, 4) is 5.75 Å². The highest BCUT2D eigenvalue weighted by atomic mass is 16.5. The second kappa shape index (κ2) is 9.65. The average Bonchev–Trinajstić information content (AvgIpc) is 2.86. The summed E-state index contributed by atoms with van der Waals surface area (Å²) in [7, 11) is 1.64.